The molecule has 1 unspecified atom stereocenters. The molecule has 81 valence electrons. The van der Waals surface area contributed by atoms with E-state index < -0.39 is 7.25 Å². The Labute approximate surface area is 77.8 Å². The molecule has 0 saturated heterocycles. The van der Waals surface area contributed by atoms with Gasteiger partial charge < -0.3 is 17.3 Å². The summed E-state index contributed by atoms with van der Waals surface area (Å²) in [6, 6.07) is 0. The minimum atomic E-state index is -6.00. The Morgan fingerprint density at radius 1 is 1.15 bits per heavy atom. The number of hydrogen-bond donors (Lipinski definition) is 0. The maximum Gasteiger partial charge on any atom is 0.673 e. The molecule has 0 nitrogen and oxygen atoms in total. The molecule has 0 aromatic carbocycles. The minimum Gasteiger partial charge on any atom is -0.418 e. The number of rotatable bonds is 4. The van der Waals surface area contributed by atoms with Gasteiger partial charge in [-0.3, -0.25) is 0 Å². The maximum absolute atomic E-state index is 9.75. The third-order valence-corrected chi connectivity index (χ3v) is 1.50. The van der Waals surface area contributed by atoms with Crippen LogP contribution >= 0.6 is 0 Å². The molecular formula is C8H17BF4-. The Morgan fingerprint density at radius 3 is 1.77 bits per heavy atom. The lowest BCUT2D eigenvalue weighted by atomic mass is 10.0. The fraction of sp³-hybridized carbons (Fsp3) is 0.875. The van der Waals surface area contributed by atoms with Crippen molar-refractivity contribution in [3.63, 3.8) is 0 Å². The second-order valence-corrected chi connectivity index (χ2v) is 2.90. The topological polar surface area (TPSA) is 0 Å². The van der Waals surface area contributed by atoms with E-state index in [4.69, 9.17) is 0 Å². The lowest BCUT2D eigenvalue weighted by molar-refractivity contribution is 0.368. The number of hydrogen-bond acceptors (Lipinski definition) is 0. The Morgan fingerprint density at radius 2 is 1.54 bits per heavy atom. The van der Waals surface area contributed by atoms with Crippen LogP contribution in [0.5, 0.6) is 0 Å². The average molecular weight is 200 g/mol. The van der Waals surface area contributed by atoms with Crippen LogP contribution in [-0.4, -0.2) is 7.25 Å². The highest BCUT2D eigenvalue weighted by molar-refractivity contribution is 6.50. The first kappa shape index (κ1) is 15.3. The van der Waals surface area contributed by atoms with Crippen LogP contribution < -0.4 is 0 Å². The third-order valence-electron chi connectivity index (χ3n) is 1.50. The molecule has 0 aromatic heterocycles. The third kappa shape index (κ3) is 33.7. The van der Waals surface area contributed by atoms with E-state index in [0.717, 1.165) is 5.92 Å². The predicted octanol–water partition coefficient (Wildman–Crippen LogP) is 4.34. The first-order chi connectivity index (χ1) is 5.81. The minimum absolute atomic E-state index is 0.829. The van der Waals surface area contributed by atoms with Gasteiger partial charge in [0.25, 0.3) is 0 Å². The molecule has 0 heterocycles. The molecule has 0 N–H and O–H groups in total. The first-order valence-corrected chi connectivity index (χ1v) is 4.51. The van der Waals surface area contributed by atoms with Crippen molar-refractivity contribution >= 4 is 7.25 Å². The van der Waals surface area contributed by atoms with Gasteiger partial charge in [0.1, 0.15) is 0 Å². The molecule has 0 aliphatic heterocycles. The molecule has 13 heavy (non-hydrogen) atoms. The maximum atomic E-state index is 9.75. The molecule has 0 rings (SSSR count). The van der Waals surface area contributed by atoms with Gasteiger partial charge in [0.05, 0.1) is 0 Å². The van der Waals surface area contributed by atoms with E-state index in [9.17, 15) is 17.3 Å². The fourth-order valence-corrected chi connectivity index (χ4v) is 0.618. The van der Waals surface area contributed by atoms with E-state index in [2.05, 4.69) is 27.2 Å². The van der Waals surface area contributed by atoms with Crippen molar-refractivity contribution in [2.75, 3.05) is 0 Å². The van der Waals surface area contributed by atoms with E-state index in [0.29, 0.717) is 0 Å². The molecule has 0 aromatic rings. The predicted molar refractivity (Wildman–Crippen MR) is 48.8 cm³/mol. The summed E-state index contributed by atoms with van der Waals surface area (Å²) >= 11 is 0. The zero-order valence-electron chi connectivity index (χ0n) is 8.37. The number of unbranched alkanes of at least 4 members (excludes halogenated alkanes) is 1. The average Bonchev–Trinajstić information content (AvgIpc) is 1.97. The largest absolute Gasteiger partial charge is 0.673 e. The molecule has 1 radical (unpaired) electrons. The van der Waals surface area contributed by atoms with Gasteiger partial charge in [0.2, 0.25) is 0 Å². The molecule has 0 bridgehead atoms. The van der Waals surface area contributed by atoms with Crippen molar-refractivity contribution < 1.29 is 17.3 Å². The molecule has 0 fully saturated rings. The van der Waals surface area contributed by atoms with Gasteiger partial charge in [-0.1, -0.05) is 40.0 Å². The standard InChI is InChI=1S/C8H17.BF4/c1-4-6-7-8(3)5-2;2-1(3,4)5/h7-8H,4-6H2,1-3H3;/q;-1. The monoisotopic (exact) mass is 200 g/mol. The normalized spacial score (nSPS) is 13.2. The highest BCUT2D eigenvalue weighted by atomic mass is 19.5. The summed E-state index contributed by atoms with van der Waals surface area (Å²) in [7, 11) is -6.00. The van der Waals surface area contributed by atoms with Gasteiger partial charge in [-0.05, 0) is 12.3 Å². The second kappa shape index (κ2) is 8.39. The van der Waals surface area contributed by atoms with Crippen molar-refractivity contribution in [3.8, 4) is 0 Å². The van der Waals surface area contributed by atoms with Gasteiger partial charge in [0.15, 0.2) is 0 Å². The summed E-state index contributed by atoms with van der Waals surface area (Å²) in [5, 5.41) is 0. The lowest BCUT2D eigenvalue weighted by Crippen LogP contribution is -2.02. The molecule has 0 aliphatic carbocycles. The Balaban J connectivity index is 0. The van der Waals surface area contributed by atoms with Crippen LogP contribution in [-0.2, 0) is 0 Å². The van der Waals surface area contributed by atoms with Gasteiger partial charge >= 0.3 is 7.25 Å². The van der Waals surface area contributed by atoms with Crippen LogP contribution in [0.2, 0.25) is 0 Å². The fourth-order valence-electron chi connectivity index (χ4n) is 0.618. The molecule has 0 amide bonds. The van der Waals surface area contributed by atoms with Crippen LogP contribution in [0.4, 0.5) is 17.3 Å². The van der Waals surface area contributed by atoms with E-state index in [1.54, 1.807) is 0 Å². The van der Waals surface area contributed by atoms with Crippen molar-refractivity contribution in [2.24, 2.45) is 5.92 Å². The first-order valence-electron chi connectivity index (χ1n) is 4.51. The summed E-state index contributed by atoms with van der Waals surface area (Å²) in [5.41, 5.74) is 0. The van der Waals surface area contributed by atoms with Gasteiger partial charge in [-0.2, -0.15) is 0 Å². The smallest absolute Gasteiger partial charge is 0.418 e. The highest BCUT2D eigenvalue weighted by Gasteiger charge is 2.20. The molecular weight excluding hydrogens is 183 g/mol. The lowest BCUT2D eigenvalue weighted by Gasteiger charge is -2.03. The second-order valence-electron chi connectivity index (χ2n) is 2.90. The Hall–Kier alpha value is -0.215. The van der Waals surface area contributed by atoms with Gasteiger partial charge in [-0.25, -0.2) is 0 Å². The highest BCUT2D eigenvalue weighted by Crippen LogP contribution is 2.08. The summed E-state index contributed by atoms with van der Waals surface area (Å²) in [6.45, 7) is 6.73. The summed E-state index contributed by atoms with van der Waals surface area (Å²) < 4.78 is 39.0. The van der Waals surface area contributed by atoms with Crippen LogP contribution in [0, 0.1) is 12.3 Å². The van der Waals surface area contributed by atoms with Crippen LogP contribution in [0.1, 0.15) is 40.0 Å². The van der Waals surface area contributed by atoms with E-state index in [1.807, 2.05) is 0 Å². The molecule has 0 spiro atoms. The van der Waals surface area contributed by atoms with Crippen LogP contribution in [0.3, 0.4) is 0 Å². The van der Waals surface area contributed by atoms with Crippen LogP contribution in [0.25, 0.3) is 0 Å². The summed E-state index contributed by atoms with van der Waals surface area (Å²) in [5.74, 6) is 0.829. The van der Waals surface area contributed by atoms with Crippen molar-refractivity contribution in [3.05, 3.63) is 6.42 Å². The van der Waals surface area contributed by atoms with Crippen LogP contribution in [0.15, 0.2) is 0 Å². The van der Waals surface area contributed by atoms with E-state index in [1.165, 1.54) is 19.3 Å². The van der Waals surface area contributed by atoms with Gasteiger partial charge in [-0.15, -0.1) is 0 Å². The van der Waals surface area contributed by atoms with Gasteiger partial charge in [0, 0.05) is 0 Å². The number of halogens is 4. The summed E-state index contributed by atoms with van der Waals surface area (Å²) in [4.78, 5) is 0. The van der Waals surface area contributed by atoms with E-state index >= 15 is 0 Å². The molecule has 1 atom stereocenters. The van der Waals surface area contributed by atoms with Crippen molar-refractivity contribution in [1.29, 1.82) is 0 Å². The van der Waals surface area contributed by atoms with Crippen molar-refractivity contribution in [1.82, 2.24) is 0 Å². The molecule has 0 aliphatic rings. The zero-order valence-corrected chi connectivity index (χ0v) is 8.37. The molecule has 5 heteroatoms. The van der Waals surface area contributed by atoms with Crippen molar-refractivity contribution in [2.45, 2.75) is 40.0 Å². The zero-order chi connectivity index (χ0) is 10.9. The Bertz CT molecular complexity index is 96.8. The van der Waals surface area contributed by atoms with E-state index in [-0.39, 0.29) is 0 Å². The Kier molecular flexibility index (Phi) is 9.85. The summed E-state index contributed by atoms with van der Waals surface area (Å²) in [6.07, 6.45) is 6.28. The molecule has 0 saturated carbocycles. The quantitative estimate of drug-likeness (QED) is 0.467. The SMILES string of the molecule is CCC[CH]C(C)CC.F[B-](F)(F)F.